The Balaban J connectivity index is 1.51. The Morgan fingerprint density at radius 2 is 1.68 bits per heavy atom. The van der Waals surface area contributed by atoms with Crippen molar-refractivity contribution in [3.63, 3.8) is 0 Å². The van der Waals surface area contributed by atoms with Gasteiger partial charge in [0.25, 0.3) is 5.91 Å². The lowest BCUT2D eigenvalue weighted by atomic mass is 10.1. The van der Waals surface area contributed by atoms with Crippen LogP contribution in [0.2, 0.25) is 0 Å². The van der Waals surface area contributed by atoms with Crippen LogP contribution in [0.5, 0.6) is 0 Å². The third-order valence-corrected chi connectivity index (χ3v) is 4.82. The number of halogens is 1. The van der Waals surface area contributed by atoms with E-state index in [0.29, 0.717) is 22.9 Å². The maximum atomic E-state index is 13.9. The van der Waals surface area contributed by atoms with E-state index in [2.05, 4.69) is 15.5 Å². The van der Waals surface area contributed by atoms with E-state index < -0.39 is 17.8 Å². The van der Waals surface area contributed by atoms with Gasteiger partial charge in [-0.3, -0.25) is 4.79 Å². The SMILES string of the molecule is Cc1ccccc1-c1nnc(-c2ccc(C(=O)NC(C#N)c3ccccc3F)cc2)o1. The Hall–Kier alpha value is -4.31. The number of nitrogens with one attached hydrogen (secondary N) is 1. The van der Waals surface area contributed by atoms with Crippen LogP contribution < -0.4 is 5.32 Å². The highest BCUT2D eigenvalue weighted by atomic mass is 19.1. The van der Waals surface area contributed by atoms with Gasteiger partial charge in [0.2, 0.25) is 11.8 Å². The summed E-state index contributed by atoms with van der Waals surface area (Å²) in [5.41, 5.74) is 2.96. The van der Waals surface area contributed by atoms with Gasteiger partial charge in [-0.05, 0) is 48.9 Å². The molecule has 4 rings (SSSR count). The van der Waals surface area contributed by atoms with Crippen LogP contribution in [0.3, 0.4) is 0 Å². The molecule has 4 aromatic rings. The molecule has 0 bridgehead atoms. The van der Waals surface area contributed by atoms with E-state index in [0.717, 1.165) is 11.1 Å². The van der Waals surface area contributed by atoms with E-state index in [1.807, 2.05) is 37.3 Å². The average Bonchev–Trinajstić information content (AvgIpc) is 3.28. The molecule has 1 N–H and O–H groups in total. The lowest BCUT2D eigenvalue weighted by Crippen LogP contribution is -2.28. The Bertz CT molecular complexity index is 1280. The van der Waals surface area contributed by atoms with E-state index >= 15 is 0 Å². The summed E-state index contributed by atoms with van der Waals surface area (Å²) in [4.78, 5) is 12.5. The monoisotopic (exact) mass is 412 g/mol. The lowest BCUT2D eigenvalue weighted by molar-refractivity contribution is 0.0944. The highest BCUT2D eigenvalue weighted by molar-refractivity contribution is 5.95. The number of hydrogen-bond acceptors (Lipinski definition) is 5. The van der Waals surface area contributed by atoms with Crippen LogP contribution in [0.15, 0.2) is 77.2 Å². The molecule has 1 heterocycles. The number of rotatable bonds is 5. The number of amides is 1. The summed E-state index contributed by atoms with van der Waals surface area (Å²) in [6.45, 7) is 1.96. The number of benzene rings is 3. The van der Waals surface area contributed by atoms with Gasteiger partial charge in [-0.15, -0.1) is 10.2 Å². The van der Waals surface area contributed by atoms with E-state index in [-0.39, 0.29) is 5.56 Å². The van der Waals surface area contributed by atoms with Crippen LogP contribution >= 0.6 is 0 Å². The number of hydrogen-bond donors (Lipinski definition) is 1. The molecule has 0 saturated heterocycles. The summed E-state index contributed by atoms with van der Waals surface area (Å²) in [5, 5.41) is 20.1. The largest absolute Gasteiger partial charge is 0.416 e. The topological polar surface area (TPSA) is 91.8 Å². The number of carbonyl (C=O) groups is 1. The minimum atomic E-state index is -1.10. The number of aromatic nitrogens is 2. The summed E-state index contributed by atoms with van der Waals surface area (Å²) in [6, 6.07) is 20.9. The molecule has 0 aliphatic rings. The van der Waals surface area contributed by atoms with Crippen LogP contribution in [0.25, 0.3) is 22.9 Å². The number of nitriles is 1. The number of nitrogens with zero attached hydrogens (tertiary/aromatic N) is 3. The van der Waals surface area contributed by atoms with Crippen LogP contribution in [-0.4, -0.2) is 16.1 Å². The molecular weight excluding hydrogens is 395 g/mol. The van der Waals surface area contributed by atoms with Crippen LogP contribution in [0.4, 0.5) is 4.39 Å². The minimum absolute atomic E-state index is 0.115. The summed E-state index contributed by atoms with van der Waals surface area (Å²) in [6.07, 6.45) is 0. The van der Waals surface area contributed by atoms with Crippen molar-refractivity contribution in [1.82, 2.24) is 15.5 Å². The fourth-order valence-corrected chi connectivity index (χ4v) is 3.13. The first-order valence-electron chi connectivity index (χ1n) is 9.51. The molecule has 1 amide bonds. The quantitative estimate of drug-likeness (QED) is 0.506. The predicted molar refractivity (Wildman–Crippen MR) is 112 cm³/mol. The van der Waals surface area contributed by atoms with Crippen molar-refractivity contribution in [1.29, 1.82) is 5.26 Å². The Morgan fingerprint density at radius 1 is 1.00 bits per heavy atom. The first-order chi connectivity index (χ1) is 15.1. The fourth-order valence-electron chi connectivity index (χ4n) is 3.13. The van der Waals surface area contributed by atoms with Crippen molar-refractivity contribution in [3.05, 3.63) is 95.3 Å². The maximum absolute atomic E-state index is 13.9. The van der Waals surface area contributed by atoms with Crippen LogP contribution in [0, 0.1) is 24.1 Å². The molecule has 1 unspecified atom stereocenters. The fraction of sp³-hybridized carbons (Fsp3) is 0.0833. The maximum Gasteiger partial charge on any atom is 0.252 e. The van der Waals surface area contributed by atoms with E-state index in [4.69, 9.17) is 4.42 Å². The van der Waals surface area contributed by atoms with Gasteiger partial charge < -0.3 is 9.73 Å². The number of aryl methyl sites for hydroxylation is 1. The van der Waals surface area contributed by atoms with Crippen molar-refractivity contribution in [2.24, 2.45) is 0 Å². The zero-order chi connectivity index (χ0) is 21.8. The highest BCUT2D eigenvalue weighted by Gasteiger charge is 2.19. The predicted octanol–water partition coefficient (Wildman–Crippen LogP) is 4.85. The van der Waals surface area contributed by atoms with Gasteiger partial charge in [0.05, 0.1) is 6.07 Å². The second kappa shape index (κ2) is 8.59. The van der Waals surface area contributed by atoms with E-state index in [9.17, 15) is 14.4 Å². The van der Waals surface area contributed by atoms with Gasteiger partial charge in [0.15, 0.2) is 0 Å². The Kier molecular flexibility index (Phi) is 5.54. The van der Waals surface area contributed by atoms with Gasteiger partial charge in [-0.1, -0.05) is 36.4 Å². The first-order valence-corrected chi connectivity index (χ1v) is 9.51. The summed E-state index contributed by atoms with van der Waals surface area (Å²) >= 11 is 0. The van der Waals surface area contributed by atoms with Crippen molar-refractivity contribution in [3.8, 4) is 29.0 Å². The van der Waals surface area contributed by atoms with Crippen molar-refractivity contribution in [2.45, 2.75) is 13.0 Å². The van der Waals surface area contributed by atoms with Crippen molar-refractivity contribution < 1.29 is 13.6 Å². The van der Waals surface area contributed by atoms with Gasteiger partial charge in [0, 0.05) is 22.3 Å². The second-order valence-corrected chi connectivity index (χ2v) is 6.86. The smallest absolute Gasteiger partial charge is 0.252 e. The van der Waals surface area contributed by atoms with E-state index in [1.54, 1.807) is 30.3 Å². The zero-order valence-corrected chi connectivity index (χ0v) is 16.5. The molecule has 3 aromatic carbocycles. The molecule has 0 radical (unpaired) electrons. The molecule has 7 heteroatoms. The average molecular weight is 412 g/mol. The van der Waals surface area contributed by atoms with Crippen molar-refractivity contribution in [2.75, 3.05) is 0 Å². The molecule has 1 aromatic heterocycles. The third kappa shape index (κ3) is 4.19. The van der Waals surface area contributed by atoms with Gasteiger partial charge in [-0.25, -0.2) is 4.39 Å². The standard InChI is InChI=1S/C24H17FN4O2/c1-15-6-2-3-7-18(15)24-29-28-23(31-24)17-12-10-16(11-13-17)22(30)27-21(14-26)19-8-4-5-9-20(19)25/h2-13,21H,1H3,(H,27,30). The Labute approximate surface area is 178 Å². The molecule has 31 heavy (non-hydrogen) atoms. The van der Waals surface area contributed by atoms with E-state index in [1.165, 1.54) is 18.2 Å². The molecule has 0 aliphatic heterocycles. The molecule has 0 fully saturated rings. The molecule has 6 nitrogen and oxygen atoms in total. The summed E-state index contributed by atoms with van der Waals surface area (Å²) < 4.78 is 19.7. The molecule has 152 valence electrons. The molecule has 0 aliphatic carbocycles. The zero-order valence-electron chi connectivity index (χ0n) is 16.5. The molecule has 0 spiro atoms. The van der Waals surface area contributed by atoms with Crippen molar-refractivity contribution >= 4 is 5.91 Å². The second-order valence-electron chi connectivity index (χ2n) is 6.86. The molecular formula is C24H17FN4O2. The molecule has 0 saturated carbocycles. The van der Waals surface area contributed by atoms with Crippen LogP contribution in [-0.2, 0) is 0 Å². The lowest BCUT2D eigenvalue weighted by Gasteiger charge is -2.12. The first kappa shape index (κ1) is 20.0. The van der Waals surface area contributed by atoms with Gasteiger partial charge >= 0.3 is 0 Å². The summed E-state index contributed by atoms with van der Waals surface area (Å²) in [5.74, 6) is -0.304. The number of carbonyl (C=O) groups excluding carboxylic acids is 1. The minimum Gasteiger partial charge on any atom is -0.416 e. The highest BCUT2D eigenvalue weighted by Crippen LogP contribution is 2.26. The normalized spacial score (nSPS) is 11.5. The van der Waals surface area contributed by atoms with Gasteiger partial charge in [-0.2, -0.15) is 5.26 Å². The van der Waals surface area contributed by atoms with Gasteiger partial charge in [0.1, 0.15) is 11.9 Å². The summed E-state index contributed by atoms with van der Waals surface area (Å²) in [7, 11) is 0. The Morgan fingerprint density at radius 3 is 2.39 bits per heavy atom. The molecule has 1 atom stereocenters. The third-order valence-electron chi connectivity index (χ3n) is 4.82. The van der Waals surface area contributed by atoms with Crippen LogP contribution in [0.1, 0.15) is 27.5 Å².